The van der Waals surface area contributed by atoms with Crippen molar-refractivity contribution in [3.8, 4) is 5.75 Å². The van der Waals surface area contributed by atoms with Gasteiger partial charge in [0.15, 0.2) is 0 Å². The molecule has 0 atom stereocenters. The molecule has 3 aromatic carbocycles. The van der Waals surface area contributed by atoms with Crippen LogP contribution in [0.15, 0.2) is 72.8 Å². The molecule has 0 aliphatic carbocycles. The second kappa shape index (κ2) is 8.23. The molecule has 0 saturated carbocycles. The molecule has 0 heterocycles. The first kappa shape index (κ1) is 19.6. The van der Waals surface area contributed by atoms with Crippen molar-refractivity contribution in [2.24, 2.45) is 0 Å². The molecular weight excluding hydrogens is 350 g/mol. The normalized spacial score (nSPS) is 11.2. The van der Waals surface area contributed by atoms with Crippen LogP contribution < -0.4 is 21.1 Å². The lowest BCUT2D eigenvalue weighted by atomic mass is 10.1. The Kier molecular flexibility index (Phi) is 5.76. The minimum Gasteiger partial charge on any atom is -0.488 e. The average molecular weight is 377 g/mol. The molecule has 5 nitrogen and oxygen atoms in total. The average Bonchev–Trinajstić information content (AvgIpc) is 2.66. The molecule has 0 bridgehead atoms. The van der Waals surface area contributed by atoms with Crippen molar-refractivity contribution in [3.63, 3.8) is 0 Å². The highest BCUT2D eigenvalue weighted by atomic mass is 16.5. The summed E-state index contributed by atoms with van der Waals surface area (Å²) in [6.45, 7) is 4.02. The van der Waals surface area contributed by atoms with E-state index in [0.717, 1.165) is 34.2 Å². The highest BCUT2D eigenvalue weighted by molar-refractivity contribution is 5.78. The summed E-state index contributed by atoms with van der Waals surface area (Å²) in [5.74, 6) is 0.761. The zero-order chi connectivity index (χ0) is 20.1. The van der Waals surface area contributed by atoms with Crippen molar-refractivity contribution in [1.29, 1.82) is 0 Å². The molecule has 5 heteroatoms. The van der Waals surface area contributed by atoms with Gasteiger partial charge in [0.1, 0.15) is 11.4 Å². The molecule has 146 valence electrons. The number of aliphatic hydroxyl groups is 1. The van der Waals surface area contributed by atoms with Gasteiger partial charge in [-0.05, 0) is 86.6 Å². The summed E-state index contributed by atoms with van der Waals surface area (Å²) in [6.07, 6.45) is 0.567. The standard InChI is InChI=1S/C23H27N3O2/c1-23(2,15-16-27)28-22-13-11-21(12-14-22)26(19-7-3-17(24)4-8-19)20-9-5-18(25)6-10-20/h3-14,27H,15-16,24-25H2,1-2H3. The summed E-state index contributed by atoms with van der Waals surface area (Å²) in [5.41, 5.74) is 15.7. The summed E-state index contributed by atoms with van der Waals surface area (Å²) in [5, 5.41) is 9.18. The van der Waals surface area contributed by atoms with Crippen molar-refractivity contribution in [2.45, 2.75) is 25.9 Å². The fourth-order valence-electron chi connectivity index (χ4n) is 3.00. The van der Waals surface area contributed by atoms with Crippen LogP contribution in [0.1, 0.15) is 20.3 Å². The second-order valence-corrected chi connectivity index (χ2v) is 7.35. The number of hydrogen-bond donors (Lipinski definition) is 3. The molecule has 0 radical (unpaired) electrons. The van der Waals surface area contributed by atoms with Crippen LogP contribution in [0.5, 0.6) is 5.75 Å². The van der Waals surface area contributed by atoms with Gasteiger partial charge in [0.25, 0.3) is 0 Å². The Labute approximate surface area is 166 Å². The molecule has 3 aromatic rings. The number of rotatable bonds is 7. The zero-order valence-electron chi connectivity index (χ0n) is 16.3. The zero-order valence-corrected chi connectivity index (χ0v) is 16.3. The van der Waals surface area contributed by atoms with Gasteiger partial charge in [-0.25, -0.2) is 0 Å². The first-order valence-electron chi connectivity index (χ1n) is 9.29. The van der Waals surface area contributed by atoms with E-state index in [-0.39, 0.29) is 6.61 Å². The van der Waals surface area contributed by atoms with Crippen LogP contribution >= 0.6 is 0 Å². The number of nitrogens with zero attached hydrogens (tertiary/aromatic N) is 1. The van der Waals surface area contributed by atoms with Crippen molar-refractivity contribution in [2.75, 3.05) is 23.0 Å². The summed E-state index contributed by atoms with van der Waals surface area (Å²) >= 11 is 0. The van der Waals surface area contributed by atoms with E-state index < -0.39 is 5.60 Å². The van der Waals surface area contributed by atoms with Crippen LogP contribution in [-0.2, 0) is 0 Å². The van der Waals surface area contributed by atoms with Crippen LogP contribution in [0, 0.1) is 0 Å². The predicted octanol–water partition coefficient (Wildman–Crippen LogP) is 4.86. The van der Waals surface area contributed by atoms with Crippen LogP contribution in [0.2, 0.25) is 0 Å². The van der Waals surface area contributed by atoms with Gasteiger partial charge < -0.3 is 26.2 Å². The van der Waals surface area contributed by atoms with Crippen LogP contribution in [-0.4, -0.2) is 17.3 Å². The maximum absolute atomic E-state index is 9.18. The van der Waals surface area contributed by atoms with E-state index >= 15 is 0 Å². The number of hydrogen-bond acceptors (Lipinski definition) is 5. The first-order chi connectivity index (χ1) is 13.4. The third kappa shape index (κ3) is 4.75. The van der Waals surface area contributed by atoms with E-state index in [1.807, 2.05) is 86.6 Å². The van der Waals surface area contributed by atoms with Gasteiger partial charge in [0.2, 0.25) is 0 Å². The monoisotopic (exact) mass is 377 g/mol. The Morgan fingerprint density at radius 3 is 1.54 bits per heavy atom. The molecular formula is C23H27N3O2. The van der Waals surface area contributed by atoms with Gasteiger partial charge in [0, 0.05) is 41.5 Å². The minimum absolute atomic E-state index is 0.0904. The third-order valence-corrected chi connectivity index (χ3v) is 4.51. The van der Waals surface area contributed by atoms with Crippen molar-refractivity contribution in [3.05, 3.63) is 72.8 Å². The summed E-state index contributed by atoms with van der Waals surface area (Å²) in [6, 6.07) is 23.4. The van der Waals surface area contributed by atoms with Gasteiger partial charge >= 0.3 is 0 Å². The summed E-state index contributed by atoms with van der Waals surface area (Å²) in [7, 11) is 0. The quantitative estimate of drug-likeness (QED) is 0.512. The van der Waals surface area contributed by atoms with Gasteiger partial charge in [0.05, 0.1) is 0 Å². The Morgan fingerprint density at radius 2 is 1.14 bits per heavy atom. The van der Waals surface area contributed by atoms with E-state index in [0.29, 0.717) is 6.42 Å². The Morgan fingerprint density at radius 1 is 0.750 bits per heavy atom. The van der Waals surface area contributed by atoms with E-state index in [4.69, 9.17) is 16.2 Å². The van der Waals surface area contributed by atoms with Crippen molar-refractivity contribution < 1.29 is 9.84 Å². The maximum Gasteiger partial charge on any atom is 0.120 e. The second-order valence-electron chi connectivity index (χ2n) is 7.35. The number of nitrogens with two attached hydrogens (primary N) is 2. The SMILES string of the molecule is CC(C)(CCO)Oc1ccc(N(c2ccc(N)cc2)c2ccc(N)cc2)cc1. The third-order valence-electron chi connectivity index (χ3n) is 4.51. The molecule has 0 spiro atoms. The number of nitrogen functional groups attached to an aromatic ring is 2. The number of benzene rings is 3. The fourth-order valence-corrected chi connectivity index (χ4v) is 3.00. The summed E-state index contributed by atoms with van der Waals surface area (Å²) in [4.78, 5) is 2.13. The molecule has 0 aromatic heterocycles. The lowest BCUT2D eigenvalue weighted by molar-refractivity contribution is 0.0765. The molecule has 28 heavy (non-hydrogen) atoms. The predicted molar refractivity (Wildman–Crippen MR) is 116 cm³/mol. The number of aliphatic hydroxyl groups excluding tert-OH is 1. The van der Waals surface area contributed by atoms with Gasteiger partial charge in [-0.3, -0.25) is 0 Å². The van der Waals surface area contributed by atoms with Crippen LogP contribution in [0.25, 0.3) is 0 Å². The van der Waals surface area contributed by atoms with Gasteiger partial charge in [-0.15, -0.1) is 0 Å². The molecule has 0 saturated heterocycles. The van der Waals surface area contributed by atoms with Crippen molar-refractivity contribution in [1.82, 2.24) is 0 Å². The molecule has 5 N–H and O–H groups in total. The Bertz CT molecular complexity index is 843. The molecule has 0 fully saturated rings. The van der Waals surface area contributed by atoms with E-state index in [9.17, 15) is 5.11 Å². The molecule has 0 aliphatic rings. The van der Waals surface area contributed by atoms with E-state index in [1.165, 1.54) is 0 Å². The summed E-state index contributed by atoms with van der Waals surface area (Å²) < 4.78 is 6.01. The van der Waals surface area contributed by atoms with Crippen LogP contribution in [0.4, 0.5) is 28.4 Å². The highest BCUT2D eigenvalue weighted by Gasteiger charge is 2.19. The lowest BCUT2D eigenvalue weighted by Crippen LogP contribution is -2.29. The maximum atomic E-state index is 9.18. The number of ether oxygens (including phenoxy) is 1. The smallest absolute Gasteiger partial charge is 0.120 e. The molecule has 0 amide bonds. The van der Waals surface area contributed by atoms with Crippen LogP contribution in [0.3, 0.4) is 0 Å². The Balaban J connectivity index is 1.94. The Hall–Kier alpha value is -3.18. The topological polar surface area (TPSA) is 84.7 Å². The number of anilines is 5. The van der Waals surface area contributed by atoms with Gasteiger partial charge in [-0.2, -0.15) is 0 Å². The van der Waals surface area contributed by atoms with Crippen molar-refractivity contribution >= 4 is 28.4 Å². The van der Waals surface area contributed by atoms with Gasteiger partial charge in [-0.1, -0.05) is 0 Å². The molecule has 0 unspecified atom stereocenters. The minimum atomic E-state index is -0.427. The molecule has 0 aliphatic heterocycles. The highest BCUT2D eigenvalue weighted by Crippen LogP contribution is 2.36. The van der Waals surface area contributed by atoms with E-state index in [2.05, 4.69) is 4.90 Å². The first-order valence-corrected chi connectivity index (χ1v) is 9.29. The van der Waals surface area contributed by atoms with E-state index in [1.54, 1.807) is 0 Å². The lowest BCUT2D eigenvalue weighted by Gasteiger charge is -2.28. The fraction of sp³-hybridized carbons (Fsp3) is 0.217. The molecule has 3 rings (SSSR count). The largest absolute Gasteiger partial charge is 0.488 e.